The Morgan fingerprint density at radius 2 is 2.21 bits per heavy atom. The summed E-state index contributed by atoms with van der Waals surface area (Å²) in [5, 5.41) is 3.80. The van der Waals surface area contributed by atoms with Crippen LogP contribution < -0.4 is 20.6 Å². The van der Waals surface area contributed by atoms with Crippen molar-refractivity contribution in [3.8, 4) is 11.5 Å². The zero-order valence-electron chi connectivity index (χ0n) is 11.3. The summed E-state index contributed by atoms with van der Waals surface area (Å²) >= 11 is 0. The first-order chi connectivity index (χ1) is 9.13. The molecule has 0 unspecified atom stereocenters. The van der Waals surface area contributed by atoms with E-state index in [1.807, 2.05) is 25.1 Å². The zero-order valence-corrected chi connectivity index (χ0v) is 11.3. The number of primary amides is 1. The number of amides is 2. The second-order valence-corrected chi connectivity index (χ2v) is 3.85. The van der Waals surface area contributed by atoms with Crippen molar-refractivity contribution in [2.75, 3.05) is 14.2 Å². The molecule has 104 valence electrons. The Morgan fingerprint density at radius 3 is 2.74 bits per heavy atom. The van der Waals surface area contributed by atoms with Crippen LogP contribution in [-0.2, 0) is 0 Å². The fourth-order valence-electron chi connectivity index (χ4n) is 1.80. The van der Waals surface area contributed by atoms with Crippen molar-refractivity contribution in [3.63, 3.8) is 0 Å². The number of nitrogens with one attached hydrogen (secondary N) is 1. The highest BCUT2D eigenvalue weighted by molar-refractivity contribution is 5.75. The summed E-state index contributed by atoms with van der Waals surface area (Å²) in [6.45, 7) is 2.01. The summed E-state index contributed by atoms with van der Waals surface area (Å²) < 4.78 is 10.6. The summed E-state index contributed by atoms with van der Waals surface area (Å²) in [7, 11) is 3.18. The first-order valence-corrected chi connectivity index (χ1v) is 5.93. The van der Waals surface area contributed by atoms with Gasteiger partial charge in [-0.25, -0.2) is 10.2 Å². The molecule has 0 aliphatic rings. The van der Waals surface area contributed by atoms with Crippen LogP contribution in [0.5, 0.6) is 11.5 Å². The van der Waals surface area contributed by atoms with Gasteiger partial charge in [0.2, 0.25) is 0 Å². The van der Waals surface area contributed by atoms with Gasteiger partial charge in [0, 0.05) is 17.7 Å². The second-order valence-electron chi connectivity index (χ2n) is 3.85. The number of urea groups is 1. The highest BCUT2D eigenvalue weighted by Gasteiger charge is 2.16. The average molecular weight is 265 g/mol. The molecule has 0 heterocycles. The summed E-state index contributed by atoms with van der Waals surface area (Å²) in [5.41, 5.74) is 8.08. The van der Waals surface area contributed by atoms with E-state index < -0.39 is 6.03 Å². The van der Waals surface area contributed by atoms with Crippen molar-refractivity contribution in [1.82, 2.24) is 5.43 Å². The topological polar surface area (TPSA) is 85.9 Å². The number of nitrogens with two attached hydrogens (primary N) is 1. The van der Waals surface area contributed by atoms with E-state index in [9.17, 15) is 4.79 Å². The van der Waals surface area contributed by atoms with Crippen molar-refractivity contribution in [2.45, 2.75) is 19.3 Å². The molecule has 0 radical (unpaired) electrons. The van der Waals surface area contributed by atoms with Crippen LogP contribution in [0.2, 0.25) is 0 Å². The lowest BCUT2D eigenvalue weighted by atomic mass is 9.96. The monoisotopic (exact) mass is 265 g/mol. The Morgan fingerprint density at radius 1 is 1.47 bits per heavy atom. The maximum Gasteiger partial charge on any atom is 0.332 e. The molecule has 6 heteroatoms. The number of carbonyl (C=O) groups is 1. The molecule has 1 aromatic rings. The van der Waals surface area contributed by atoms with Gasteiger partial charge in [-0.3, -0.25) is 0 Å². The molecule has 0 bridgehead atoms. The van der Waals surface area contributed by atoms with E-state index in [-0.39, 0.29) is 5.92 Å². The minimum atomic E-state index is -0.691. The molecular formula is C13H19N3O3. The molecule has 0 fully saturated rings. The van der Waals surface area contributed by atoms with Crippen LogP contribution in [0.3, 0.4) is 0 Å². The quantitative estimate of drug-likeness (QED) is 0.608. The minimum absolute atomic E-state index is 0.00287. The van der Waals surface area contributed by atoms with Crippen LogP contribution in [-0.4, -0.2) is 26.5 Å². The lowest BCUT2D eigenvalue weighted by Gasteiger charge is -2.16. The van der Waals surface area contributed by atoms with E-state index in [0.717, 1.165) is 12.0 Å². The molecule has 3 N–H and O–H groups in total. The van der Waals surface area contributed by atoms with Crippen LogP contribution >= 0.6 is 0 Å². The van der Waals surface area contributed by atoms with Crippen LogP contribution in [0.15, 0.2) is 23.3 Å². The Kier molecular flexibility index (Phi) is 5.66. The fraction of sp³-hybridized carbons (Fsp3) is 0.385. The van der Waals surface area contributed by atoms with Crippen molar-refractivity contribution in [3.05, 3.63) is 23.8 Å². The van der Waals surface area contributed by atoms with Crippen molar-refractivity contribution in [2.24, 2.45) is 10.8 Å². The van der Waals surface area contributed by atoms with Gasteiger partial charge in [0.15, 0.2) is 11.5 Å². The third kappa shape index (κ3) is 3.87. The van der Waals surface area contributed by atoms with E-state index in [4.69, 9.17) is 15.2 Å². The second kappa shape index (κ2) is 7.25. The Balaban J connectivity index is 3.04. The lowest BCUT2D eigenvalue weighted by molar-refractivity contribution is 0.249. The maximum atomic E-state index is 10.6. The SMILES string of the molecule is CC[C@H](/C=N\NC(N)=O)c1cccc(OC)c1OC. The molecule has 0 saturated carbocycles. The Labute approximate surface area is 112 Å². The molecule has 1 rings (SSSR count). The van der Waals surface area contributed by atoms with Gasteiger partial charge in [-0.05, 0) is 12.5 Å². The van der Waals surface area contributed by atoms with Gasteiger partial charge in [-0.2, -0.15) is 5.10 Å². The van der Waals surface area contributed by atoms with Crippen molar-refractivity contribution < 1.29 is 14.3 Å². The van der Waals surface area contributed by atoms with E-state index in [0.29, 0.717) is 11.5 Å². The number of methoxy groups -OCH3 is 2. The molecule has 0 aliphatic carbocycles. The highest BCUT2D eigenvalue weighted by atomic mass is 16.5. The van der Waals surface area contributed by atoms with Gasteiger partial charge in [-0.15, -0.1) is 0 Å². The predicted octanol–water partition coefficient (Wildman–Crippen LogP) is 1.85. The maximum absolute atomic E-state index is 10.6. The minimum Gasteiger partial charge on any atom is -0.493 e. The van der Waals surface area contributed by atoms with E-state index in [2.05, 4.69) is 10.5 Å². The van der Waals surface area contributed by atoms with E-state index >= 15 is 0 Å². The number of benzene rings is 1. The fourth-order valence-corrected chi connectivity index (χ4v) is 1.80. The molecule has 2 amide bonds. The van der Waals surface area contributed by atoms with Crippen molar-refractivity contribution in [1.29, 1.82) is 0 Å². The Hall–Kier alpha value is -2.24. The first-order valence-electron chi connectivity index (χ1n) is 5.93. The van der Waals surface area contributed by atoms with Gasteiger partial charge in [0.25, 0.3) is 0 Å². The van der Waals surface area contributed by atoms with Gasteiger partial charge in [0.1, 0.15) is 0 Å². The molecule has 1 atom stereocenters. The van der Waals surface area contributed by atoms with Crippen molar-refractivity contribution >= 4 is 12.2 Å². The zero-order chi connectivity index (χ0) is 14.3. The van der Waals surface area contributed by atoms with E-state index in [1.54, 1.807) is 20.4 Å². The molecule has 0 spiro atoms. The number of carbonyl (C=O) groups excluding carboxylic acids is 1. The summed E-state index contributed by atoms with van der Waals surface area (Å²) in [6, 6.07) is 4.96. The van der Waals surface area contributed by atoms with Gasteiger partial charge < -0.3 is 15.2 Å². The lowest BCUT2D eigenvalue weighted by Crippen LogP contribution is -2.24. The molecule has 1 aromatic carbocycles. The highest BCUT2D eigenvalue weighted by Crippen LogP contribution is 2.35. The molecule has 0 aromatic heterocycles. The molecular weight excluding hydrogens is 246 g/mol. The number of rotatable bonds is 6. The number of hydrogen-bond acceptors (Lipinski definition) is 4. The van der Waals surface area contributed by atoms with Gasteiger partial charge in [-0.1, -0.05) is 19.1 Å². The summed E-state index contributed by atoms with van der Waals surface area (Å²) in [5.74, 6) is 1.33. The number of nitrogens with zero attached hydrogens (tertiary/aromatic N) is 1. The van der Waals surface area contributed by atoms with Gasteiger partial charge in [0.05, 0.1) is 14.2 Å². The number of hydrazone groups is 1. The number of para-hydroxylation sites is 1. The predicted molar refractivity (Wildman–Crippen MR) is 73.8 cm³/mol. The largest absolute Gasteiger partial charge is 0.493 e. The number of hydrogen-bond donors (Lipinski definition) is 2. The summed E-state index contributed by atoms with van der Waals surface area (Å²) in [6.07, 6.45) is 2.43. The average Bonchev–Trinajstić information content (AvgIpc) is 2.42. The van der Waals surface area contributed by atoms with Crippen LogP contribution in [0, 0.1) is 0 Å². The molecule has 6 nitrogen and oxygen atoms in total. The smallest absolute Gasteiger partial charge is 0.332 e. The third-order valence-electron chi connectivity index (χ3n) is 2.70. The van der Waals surface area contributed by atoms with Crippen LogP contribution in [0.1, 0.15) is 24.8 Å². The van der Waals surface area contributed by atoms with E-state index in [1.165, 1.54) is 0 Å². The normalized spacial score (nSPS) is 12.2. The number of ether oxygens (including phenoxy) is 2. The molecule has 0 aliphatic heterocycles. The van der Waals surface area contributed by atoms with Gasteiger partial charge >= 0.3 is 6.03 Å². The van der Waals surface area contributed by atoms with Crippen LogP contribution in [0.4, 0.5) is 4.79 Å². The molecule has 0 saturated heterocycles. The summed E-state index contributed by atoms with van der Waals surface area (Å²) in [4.78, 5) is 10.6. The first kappa shape index (κ1) is 14.8. The molecule has 19 heavy (non-hydrogen) atoms. The van der Waals surface area contributed by atoms with Crippen LogP contribution in [0.25, 0.3) is 0 Å². The third-order valence-corrected chi connectivity index (χ3v) is 2.70. The standard InChI is InChI=1S/C13H19N3O3/c1-4-9(8-15-16-13(14)17)10-6-5-7-11(18-2)12(10)19-3/h5-9H,4H2,1-3H3,(H3,14,16,17)/b15-8-/t9-/m1/s1. The Bertz CT molecular complexity index is 460.